The summed E-state index contributed by atoms with van der Waals surface area (Å²) in [5.74, 6) is 0. The number of aromatic nitrogens is 2. The maximum Gasteiger partial charge on any atom is 0.0929 e. The van der Waals surface area contributed by atoms with Crippen LogP contribution in [0.15, 0.2) is 78.4 Å². The van der Waals surface area contributed by atoms with E-state index in [2.05, 4.69) is 79.2 Å². The Bertz CT molecular complexity index is 783. The van der Waals surface area contributed by atoms with Crippen LogP contribution < -0.4 is 0 Å². The van der Waals surface area contributed by atoms with Gasteiger partial charge in [-0.25, -0.2) is 0 Å². The number of rotatable bonds is 5. The summed E-state index contributed by atoms with van der Waals surface area (Å²) < 4.78 is 2.11. The van der Waals surface area contributed by atoms with Crippen molar-refractivity contribution in [3.05, 3.63) is 78.4 Å². The molecule has 23 heavy (non-hydrogen) atoms. The van der Waals surface area contributed by atoms with Crippen molar-refractivity contribution in [1.82, 2.24) is 9.78 Å². The molecule has 0 spiro atoms. The molecule has 0 fully saturated rings. The first-order chi connectivity index (χ1) is 11.3. The summed E-state index contributed by atoms with van der Waals surface area (Å²) in [6, 6.07) is 23.0. The Kier molecular flexibility index (Phi) is 4.72. The third kappa shape index (κ3) is 3.59. The molecule has 0 radical (unpaired) electrons. The number of benzene rings is 2. The Labute approximate surface area is 138 Å². The largest absolute Gasteiger partial charge is 0.260 e. The second kappa shape index (κ2) is 7.10. The van der Waals surface area contributed by atoms with Gasteiger partial charge in [-0.1, -0.05) is 79.2 Å². The third-order valence-electron chi connectivity index (χ3n) is 3.87. The number of hydrogen-bond donors (Lipinski definition) is 0. The molecular formula is C21H22N2. The molecular weight excluding hydrogens is 280 g/mol. The lowest BCUT2D eigenvalue weighted by Gasteiger charge is -2.08. The first-order valence-corrected chi connectivity index (χ1v) is 8.12. The molecule has 2 nitrogen and oxygen atoms in total. The molecule has 0 atom stereocenters. The van der Waals surface area contributed by atoms with Crippen LogP contribution in [0.25, 0.3) is 22.5 Å². The lowest BCUT2D eigenvalue weighted by atomic mass is 10.1. The molecule has 0 saturated carbocycles. The van der Waals surface area contributed by atoms with Gasteiger partial charge in [-0.15, -0.1) is 0 Å². The van der Waals surface area contributed by atoms with Gasteiger partial charge in [0.15, 0.2) is 0 Å². The predicted octanol–water partition coefficient (Wildman–Crippen LogP) is 5.57. The van der Waals surface area contributed by atoms with Gasteiger partial charge in [0.25, 0.3) is 0 Å². The summed E-state index contributed by atoms with van der Waals surface area (Å²) in [6.45, 7) is 5.16. The summed E-state index contributed by atoms with van der Waals surface area (Å²) in [5, 5.41) is 4.85. The Morgan fingerprint density at radius 1 is 0.957 bits per heavy atom. The van der Waals surface area contributed by atoms with Crippen LogP contribution in [-0.2, 0) is 6.54 Å². The molecule has 0 aliphatic carbocycles. The average molecular weight is 302 g/mol. The quantitative estimate of drug-likeness (QED) is 0.563. The zero-order valence-electron chi connectivity index (χ0n) is 13.7. The number of allylic oxidation sites excluding steroid dienone is 2. The van der Waals surface area contributed by atoms with Gasteiger partial charge in [0.05, 0.1) is 17.9 Å². The molecule has 0 unspecified atom stereocenters. The molecule has 0 aliphatic heterocycles. The molecule has 0 bridgehead atoms. The van der Waals surface area contributed by atoms with Crippen LogP contribution in [0.5, 0.6) is 0 Å². The van der Waals surface area contributed by atoms with E-state index in [1.165, 1.54) is 11.1 Å². The summed E-state index contributed by atoms with van der Waals surface area (Å²) in [4.78, 5) is 0. The van der Waals surface area contributed by atoms with Crippen molar-refractivity contribution in [2.75, 3.05) is 0 Å². The molecule has 3 rings (SSSR count). The minimum Gasteiger partial charge on any atom is -0.260 e. The highest BCUT2D eigenvalue weighted by atomic mass is 15.3. The maximum absolute atomic E-state index is 4.85. The summed E-state index contributed by atoms with van der Waals surface area (Å²) in [7, 11) is 0. The van der Waals surface area contributed by atoms with Crippen LogP contribution in [0.2, 0.25) is 0 Å². The minimum absolute atomic E-state index is 0.824. The van der Waals surface area contributed by atoms with Crippen LogP contribution in [0.1, 0.15) is 20.3 Å². The van der Waals surface area contributed by atoms with E-state index in [0.29, 0.717) is 0 Å². The Morgan fingerprint density at radius 2 is 1.57 bits per heavy atom. The van der Waals surface area contributed by atoms with Crippen molar-refractivity contribution in [3.63, 3.8) is 0 Å². The van der Waals surface area contributed by atoms with E-state index in [1.54, 1.807) is 0 Å². The maximum atomic E-state index is 4.85. The molecule has 3 aromatic rings. The second-order valence-corrected chi connectivity index (χ2v) is 5.76. The number of nitrogens with zero attached hydrogens (tertiary/aromatic N) is 2. The second-order valence-electron chi connectivity index (χ2n) is 5.76. The molecule has 2 aromatic carbocycles. The van der Waals surface area contributed by atoms with Gasteiger partial charge < -0.3 is 0 Å². The van der Waals surface area contributed by atoms with Crippen LogP contribution in [0, 0.1) is 0 Å². The van der Waals surface area contributed by atoms with Crippen LogP contribution in [0.4, 0.5) is 0 Å². The Morgan fingerprint density at radius 3 is 2.17 bits per heavy atom. The lowest BCUT2D eigenvalue weighted by molar-refractivity contribution is 0.685. The number of hydrogen-bond acceptors (Lipinski definition) is 1. The predicted molar refractivity (Wildman–Crippen MR) is 97.1 cm³/mol. The van der Waals surface area contributed by atoms with E-state index in [9.17, 15) is 0 Å². The van der Waals surface area contributed by atoms with E-state index < -0.39 is 0 Å². The van der Waals surface area contributed by atoms with Crippen molar-refractivity contribution in [1.29, 1.82) is 0 Å². The fourth-order valence-corrected chi connectivity index (χ4v) is 2.78. The summed E-state index contributed by atoms with van der Waals surface area (Å²) >= 11 is 0. The van der Waals surface area contributed by atoms with Gasteiger partial charge in [-0.2, -0.15) is 5.10 Å². The van der Waals surface area contributed by atoms with Gasteiger partial charge in [0.2, 0.25) is 0 Å². The van der Waals surface area contributed by atoms with Crippen molar-refractivity contribution in [3.8, 4) is 22.5 Å². The molecule has 116 valence electrons. The average Bonchev–Trinajstić information content (AvgIpc) is 3.00. The van der Waals surface area contributed by atoms with Gasteiger partial charge in [-0.3, -0.25) is 4.68 Å². The normalized spacial score (nSPS) is 11.7. The lowest BCUT2D eigenvalue weighted by Crippen LogP contribution is -2.03. The van der Waals surface area contributed by atoms with Gasteiger partial charge in [0, 0.05) is 5.56 Å². The van der Waals surface area contributed by atoms with E-state index in [-0.39, 0.29) is 0 Å². The Hall–Kier alpha value is -2.61. The van der Waals surface area contributed by atoms with Crippen molar-refractivity contribution in [2.24, 2.45) is 0 Å². The summed E-state index contributed by atoms with van der Waals surface area (Å²) in [5.41, 5.74) is 5.88. The smallest absolute Gasteiger partial charge is 0.0929 e. The SMILES string of the molecule is CCC=C(C)Cn1nc(-c2ccccc2)cc1-c1ccccc1. The van der Waals surface area contributed by atoms with Crippen molar-refractivity contribution in [2.45, 2.75) is 26.8 Å². The minimum atomic E-state index is 0.824. The molecule has 0 aliphatic rings. The molecule has 0 saturated heterocycles. The van der Waals surface area contributed by atoms with E-state index in [0.717, 1.165) is 29.9 Å². The van der Waals surface area contributed by atoms with Gasteiger partial charge >= 0.3 is 0 Å². The van der Waals surface area contributed by atoms with Crippen LogP contribution in [0.3, 0.4) is 0 Å². The fraction of sp³-hybridized carbons (Fsp3) is 0.190. The molecule has 2 heteroatoms. The van der Waals surface area contributed by atoms with E-state index >= 15 is 0 Å². The standard InChI is InChI=1S/C21H22N2/c1-3-10-17(2)16-23-21(19-13-8-5-9-14-19)15-20(22-23)18-11-6-4-7-12-18/h4-15H,3,16H2,1-2H3. The molecule has 0 N–H and O–H groups in total. The van der Waals surface area contributed by atoms with Crippen LogP contribution in [-0.4, -0.2) is 9.78 Å². The van der Waals surface area contributed by atoms with E-state index in [4.69, 9.17) is 5.10 Å². The zero-order chi connectivity index (χ0) is 16.1. The molecule has 0 amide bonds. The topological polar surface area (TPSA) is 17.8 Å². The van der Waals surface area contributed by atoms with Crippen molar-refractivity contribution >= 4 is 0 Å². The highest BCUT2D eigenvalue weighted by Crippen LogP contribution is 2.26. The molecule has 1 aromatic heterocycles. The fourth-order valence-electron chi connectivity index (χ4n) is 2.78. The monoisotopic (exact) mass is 302 g/mol. The molecule has 1 heterocycles. The first-order valence-electron chi connectivity index (χ1n) is 8.12. The third-order valence-corrected chi connectivity index (χ3v) is 3.87. The highest BCUT2D eigenvalue weighted by molar-refractivity contribution is 5.68. The summed E-state index contributed by atoms with van der Waals surface area (Å²) in [6.07, 6.45) is 3.32. The van der Waals surface area contributed by atoms with E-state index in [1.807, 2.05) is 12.1 Å². The van der Waals surface area contributed by atoms with Gasteiger partial charge in [0.1, 0.15) is 0 Å². The first kappa shape index (κ1) is 15.3. The van der Waals surface area contributed by atoms with Crippen molar-refractivity contribution < 1.29 is 0 Å². The van der Waals surface area contributed by atoms with Crippen LogP contribution >= 0.6 is 0 Å². The van der Waals surface area contributed by atoms with Gasteiger partial charge in [-0.05, 0) is 25.0 Å². The Balaban J connectivity index is 2.05. The zero-order valence-corrected chi connectivity index (χ0v) is 13.7. The highest BCUT2D eigenvalue weighted by Gasteiger charge is 2.11.